The number of rotatable bonds is 13. The molecule has 1 atom stereocenters. The molecule has 6 heteroatoms. The van der Waals surface area contributed by atoms with Crippen molar-refractivity contribution in [3.63, 3.8) is 0 Å². The highest BCUT2D eigenvalue weighted by Crippen LogP contribution is 2.47. The van der Waals surface area contributed by atoms with Gasteiger partial charge in [-0.1, -0.05) is 93.5 Å². The predicted molar refractivity (Wildman–Crippen MR) is 195 cm³/mol. The van der Waals surface area contributed by atoms with Crippen molar-refractivity contribution in [3.05, 3.63) is 123 Å². The van der Waals surface area contributed by atoms with Crippen LogP contribution in [0.1, 0.15) is 79.8 Å². The van der Waals surface area contributed by atoms with E-state index in [0.717, 1.165) is 77.9 Å². The smallest absolute Gasteiger partial charge is 0.172 e. The summed E-state index contributed by atoms with van der Waals surface area (Å²) in [7, 11) is 1.72. The maximum Gasteiger partial charge on any atom is 0.172 e. The fourth-order valence-electron chi connectivity index (χ4n) is 5.97. The lowest BCUT2D eigenvalue weighted by Crippen LogP contribution is -2.25. The Hall–Kier alpha value is -5.51. The fourth-order valence-corrected chi connectivity index (χ4v) is 5.97. The van der Waals surface area contributed by atoms with Crippen LogP contribution in [0.3, 0.4) is 0 Å². The van der Waals surface area contributed by atoms with E-state index < -0.39 is 5.60 Å². The van der Waals surface area contributed by atoms with Gasteiger partial charge in [0.25, 0.3) is 0 Å². The lowest BCUT2D eigenvalue weighted by Gasteiger charge is -2.27. The molecule has 4 rings (SSSR count). The van der Waals surface area contributed by atoms with Crippen molar-refractivity contribution in [2.75, 3.05) is 25.1 Å². The van der Waals surface area contributed by atoms with E-state index in [1.165, 1.54) is 5.69 Å². The van der Waals surface area contributed by atoms with Crippen LogP contribution < -0.4 is 9.64 Å². The van der Waals surface area contributed by atoms with Gasteiger partial charge < -0.3 is 14.4 Å². The summed E-state index contributed by atoms with van der Waals surface area (Å²) in [6, 6.07) is 26.2. The summed E-state index contributed by atoms with van der Waals surface area (Å²) in [5, 5.41) is 29.3. The Morgan fingerprint density at radius 2 is 1.40 bits per heavy atom. The lowest BCUT2D eigenvalue weighted by molar-refractivity contribution is 0.0755. The third-order valence-electron chi connectivity index (χ3n) is 8.88. The van der Waals surface area contributed by atoms with Crippen LogP contribution in [0.4, 0.5) is 5.69 Å². The Morgan fingerprint density at radius 1 is 0.812 bits per heavy atom. The summed E-state index contributed by atoms with van der Waals surface area (Å²) in [4.78, 5) is 2.46. The Balaban J connectivity index is 1.67. The zero-order valence-corrected chi connectivity index (χ0v) is 28.9. The molecule has 6 nitrogen and oxygen atoms in total. The molecule has 3 aromatic rings. The van der Waals surface area contributed by atoms with Gasteiger partial charge in [-0.15, -0.1) is 0 Å². The average Bonchev–Trinajstić information content (AvgIpc) is 3.40. The number of ether oxygens (including phenoxy) is 2. The molecule has 48 heavy (non-hydrogen) atoms. The predicted octanol–water partition coefficient (Wildman–Crippen LogP) is 9.97. The second-order valence-corrected chi connectivity index (χ2v) is 12.2. The Kier molecular flexibility index (Phi) is 12.0. The van der Waals surface area contributed by atoms with Crippen molar-refractivity contribution in [2.24, 2.45) is 0 Å². The summed E-state index contributed by atoms with van der Waals surface area (Å²) in [5.74, 6) is 0.863. The minimum Gasteiger partial charge on any atom is -0.496 e. The van der Waals surface area contributed by atoms with E-state index in [2.05, 4.69) is 81.1 Å². The fraction of sp³-hybridized carbons (Fsp3) is 0.310. The molecular weight excluding hydrogens is 592 g/mol. The molecule has 0 spiro atoms. The molecule has 0 aliphatic carbocycles. The first kappa shape index (κ1) is 35.3. The van der Waals surface area contributed by atoms with Crippen LogP contribution in [0.5, 0.6) is 5.75 Å². The summed E-state index contributed by atoms with van der Waals surface area (Å²) in [6.07, 6.45) is 12.7. The van der Waals surface area contributed by atoms with Crippen LogP contribution in [-0.4, -0.2) is 20.2 Å². The molecule has 0 aromatic heterocycles. The zero-order chi connectivity index (χ0) is 34.7. The average molecular weight is 637 g/mol. The molecule has 0 radical (unpaired) electrons. The Bertz CT molecular complexity index is 1860. The Labute approximate surface area is 286 Å². The van der Waals surface area contributed by atoms with Crippen molar-refractivity contribution < 1.29 is 9.47 Å². The van der Waals surface area contributed by atoms with Crippen LogP contribution in [0.25, 0.3) is 18.2 Å². The van der Waals surface area contributed by atoms with Crippen LogP contribution in [-0.2, 0) is 10.3 Å². The van der Waals surface area contributed by atoms with Gasteiger partial charge in [0.05, 0.1) is 7.11 Å². The van der Waals surface area contributed by atoms with E-state index in [0.29, 0.717) is 5.57 Å². The minimum absolute atomic E-state index is 0.0139. The van der Waals surface area contributed by atoms with Crippen molar-refractivity contribution in [2.45, 2.75) is 65.9 Å². The number of nitrogens with zero attached hydrogens (tertiary/aromatic N) is 4. The van der Waals surface area contributed by atoms with Gasteiger partial charge in [-0.3, -0.25) is 0 Å². The number of benzene rings is 3. The number of nitriles is 3. The zero-order valence-electron chi connectivity index (χ0n) is 28.9. The maximum absolute atomic E-state index is 10.2. The first-order chi connectivity index (χ1) is 23.2. The quantitative estimate of drug-likeness (QED) is 0.137. The molecule has 244 valence electrons. The van der Waals surface area contributed by atoms with Gasteiger partial charge in [0.2, 0.25) is 0 Å². The largest absolute Gasteiger partial charge is 0.496 e. The van der Waals surface area contributed by atoms with Gasteiger partial charge in [0, 0.05) is 36.0 Å². The number of allylic oxidation sites excluding steroid dienone is 2. The topological polar surface area (TPSA) is 93.1 Å². The van der Waals surface area contributed by atoms with Crippen LogP contribution >= 0.6 is 0 Å². The van der Waals surface area contributed by atoms with Crippen molar-refractivity contribution in [1.82, 2.24) is 0 Å². The molecule has 0 saturated carbocycles. The highest BCUT2D eigenvalue weighted by Gasteiger charge is 2.43. The second-order valence-electron chi connectivity index (χ2n) is 12.2. The molecule has 1 aliphatic rings. The molecule has 0 amide bonds. The summed E-state index contributed by atoms with van der Waals surface area (Å²) >= 11 is 0. The molecule has 1 aliphatic heterocycles. The monoisotopic (exact) mass is 636 g/mol. The normalized spacial score (nSPS) is 15.7. The van der Waals surface area contributed by atoms with Gasteiger partial charge in [-0.25, -0.2) is 0 Å². The van der Waals surface area contributed by atoms with Crippen LogP contribution in [0, 0.1) is 47.8 Å². The van der Waals surface area contributed by atoms with Gasteiger partial charge in [0.1, 0.15) is 29.5 Å². The van der Waals surface area contributed by atoms with Gasteiger partial charge in [-0.2, -0.15) is 15.8 Å². The standard InChI is InChI=1S/C42H44N4O2/c1-7-9-22-46(23-10-8-2)37-20-18-32(40(26-37)47-6)16-17-33-24-31(4)34(25-30(33)3)19-21-39-38(29-45)41(35(27-43)28-44)48-42(39,5)36-14-12-11-13-15-36/h11-21,24-26H,7-10,22-23H2,1-6H3/b17-16+,21-19+. The van der Waals surface area contributed by atoms with Crippen LogP contribution in [0.2, 0.25) is 0 Å². The third kappa shape index (κ3) is 7.71. The number of hydrogen-bond acceptors (Lipinski definition) is 6. The summed E-state index contributed by atoms with van der Waals surface area (Å²) in [5.41, 5.74) is 6.76. The molecule has 0 fully saturated rings. The second kappa shape index (κ2) is 16.4. The number of hydrogen-bond donors (Lipinski definition) is 0. The molecule has 1 unspecified atom stereocenters. The number of methoxy groups -OCH3 is 1. The van der Waals surface area contributed by atoms with Gasteiger partial charge in [0.15, 0.2) is 16.9 Å². The van der Waals surface area contributed by atoms with Gasteiger partial charge >= 0.3 is 0 Å². The first-order valence-electron chi connectivity index (χ1n) is 16.6. The molecule has 3 aromatic carbocycles. The minimum atomic E-state index is -1.06. The summed E-state index contributed by atoms with van der Waals surface area (Å²) < 4.78 is 12.1. The number of anilines is 1. The molecule has 0 bridgehead atoms. The third-order valence-corrected chi connectivity index (χ3v) is 8.88. The van der Waals surface area contributed by atoms with E-state index >= 15 is 0 Å². The molecular formula is C42H44N4O2. The summed E-state index contributed by atoms with van der Waals surface area (Å²) in [6.45, 7) is 12.5. The molecule has 0 N–H and O–H groups in total. The van der Waals surface area contributed by atoms with Gasteiger partial charge in [-0.05, 0) is 73.6 Å². The van der Waals surface area contributed by atoms with E-state index in [1.54, 1.807) is 7.11 Å². The lowest BCUT2D eigenvalue weighted by atomic mass is 9.86. The van der Waals surface area contributed by atoms with E-state index in [9.17, 15) is 15.8 Å². The first-order valence-corrected chi connectivity index (χ1v) is 16.6. The van der Waals surface area contributed by atoms with E-state index in [-0.39, 0.29) is 16.9 Å². The Morgan fingerprint density at radius 3 is 1.94 bits per heavy atom. The van der Waals surface area contributed by atoms with Crippen LogP contribution in [0.15, 0.2) is 89.2 Å². The SMILES string of the molecule is CCCCN(CCCC)c1ccc(/C=C/c2cc(C)c(/C=C/C3=C(C#N)C(=C(C#N)C#N)OC3(C)c3ccccc3)cc2C)c(OC)c1. The number of aryl methyl sites for hydroxylation is 2. The molecule has 1 heterocycles. The highest BCUT2D eigenvalue weighted by molar-refractivity contribution is 5.77. The van der Waals surface area contributed by atoms with Crippen molar-refractivity contribution in [1.29, 1.82) is 15.8 Å². The van der Waals surface area contributed by atoms with Crippen molar-refractivity contribution in [3.8, 4) is 24.0 Å². The maximum atomic E-state index is 10.2. The highest BCUT2D eigenvalue weighted by atomic mass is 16.5. The van der Waals surface area contributed by atoms with E-state index in [1.807, 2.05) is 61.5 Å². The number of unbranched alkanes of at least 4 members (excludes halogenated alkanes) is 2. The van der Waals surface area contributed by atoms with Crippen molar-refractivity contribution >= 4 is 23.9 Å². The molecule has 0 saturated heterocycles. The van der Waals surface area contributed by atoms with E-state index in [4.69, 9.17) is 9.47 Å².